The zero-order valence-corrected chi connectivity index (χ0v) is 19.3. The number of aromatic amines is 2. The molecule has 0 aliphatic carbocycles. The Bertz CT molecular complexity index is 1150. The third-order valence-electron chi connectivity index (χ3n) is 5.74. The van der Waals surface area contributed by atoms with Gasteiger partial charge in [-0.05, 0) is 90.1 Å². The fourth-order valence-corrected chi connectivity index (χ4v) is 4.72. The van der Waals surface area contributed by atoms with Gasteiger partial charge in [0.2, 0.25) is 0 Å². The maximum Gasteiger partial charge on any atom is 0.119 e. The molecule has 0 radical (unpaired) electrons. The Morgan fingerprint density at radius 1 is 0.700 bits per heavy atom. The van der Waals surface area contributed by atoms with Gasteiger partial charge in [-0.2, -0.15) is 0 Å². The van der Waals surface area contributed by atoms with Crippen LogP contribution in [0.25, 0.3) is 0 Å². The molecule has 3 N–H and O–H groups in total. The molecule has 0 saturated heterocycles. The Morgan fingerprint density at radius 2 is 1.27 bits per heavy atom. The predicted octanol–water partition coefficient (Wildman–Crippen LogP) is 6.60. The summed E-state index contributed by atoms with van der Waals surface area (Å²) in [5, 5.41) is 10.9. The number of aryl methyl sites for hydroxylation is 4. The van der Waals surface area contributed by atoms with Gasteiger partial charge in [0.1, 0.15) is 6.10 Å². The zero-order chi connectivity index (χ0) is 21.4. The molecule has 30 heavy (non-hydrogen) atoms. The van der Waals surface area contributed by atoms with Gasteiger partial charge in [-0.1, -0.05) is 47.5 Å². The molecule has 0 bridgehead atoms. The molecule has 2 aromatic heterocycles. The Labute approximate surface area is 186 Å². The molecule has 3 nitrogen and oxygen atoms in total. The number of hydrogen-bond donors (Lipinski definition) is 3. The average molecular weight is 463 g/mol. The summed E-state index contributed by atoms with van der Waals surface area (Å²) in [6, 6.07) is 20.7. The van der Waals surface area contributed by atoms with Crippen LogP contribution in [0.15, 0.2) is 65.3 Å². The summed E-state index contributed by atoms with van der Waals surface area (Å²) in [6.07, 6.45) is -0.685. The van der Waals surface area contributed by atoms with E-state index in [9.17, 15) is 5.11 Å². The first-order chi connectivity index (χ1) is 14.3. The second kappa shape index (κ2) is 8.29. The number of hydrogen-bond acceptors (Lipinski definition) is 1. The van der Waals surface area contributed by atoms with Gasteiger partial charge in [0.15, 0.2) is 0 Å². The second-order valence-corrected chi connectivity index (χ2v) is 9.04. The van der Waals surface area contributed by atoms with E-state index in [1.54, 1.807) is 0 Å². The van der Waals surface area contributed by atoms with Gasteiger partial charge in [0.05, 0.1) is 10.5 Å². The van der Waals surface area contributed by atoms with Crippen LogP contribution in [0.3, 0.4) is 0 Å². The molecule has 4 heteroatoms. The largest absolute Gasteiger partial charge is 0.382 e. The summed E-state index contributed by atoms with van der Waals surface area (Å²) >= 11 is 3.55. The fraction of sp³-hybridized carbons (Fsp3) is 0.231. The lowest BCUT2D eigenvalue weighted by molar-refractivity contribution is 0.216. The van der Waals surface area contributed by atoms with E-state index < -0.39 is 6.10 Å². The third-order valence-corrected chi connectivity index (χ3v) is 6.20. The van der Waals surface area contributed by atoms with Crippen molar-refractivity contribution in [3.8, 4) is 0 Å². The van der Waals surface area contributed by atoms with E-state index in [2.05, 4.69) is 70.9 Å². The quantitative estimate of drug-likeness (QED) is 0.307. The highest BCUT2D eigenvalue weighted by molar-refractivity contribution is 9.10. The number of halogens is 1. The molecule has 0 spiro atoms. The lowest BCUT2D eigenvalue weighted by atomic mass is 9.85. The van der Waals surface area contributed by atoms with Crippen molar-refractivity contribution in [3.63, 3.8) is 0 Å². The van der Waals surface area contributed by atoms with Gasteiger partial charge in [-0.25, -0.2) is 0 Å². The van der Waals surface area contributed by atoms with Crippen LogP contribution in [0.4, 0.5) is 0 Å². The molecule has 2 heterocycles. The van der Waals surface area contributed by atoms with E-state index in [1.807, 2.05) is 43.3 Å². The van der Waals surface area contributed by atoms with E-state index in [0.717, 1.165) is 27.2 Å². The van der Waals surface area contributed by atoms with Gasteiger partial charge in [-0.15, -0.1) is 0 Å². The molecule has 154 valence electrons. The van der Waals surface area contributed by atoms with Gasteiger partial charge in [-0.3, -0.25) is 0 Å². The van der Waals surface area contributed by atoms with Crippen molar-refractivity contribution in [1.82, 2.24) is 9.97 Å². The Hall–Kier alpha value is -2.56. The van der Waals surface area contributed by atoms with Crippen LogP contribution >= 0.6 is 15.9 Å². The van der Waals surface area contributed by atoms with Crippen LogP contribution in [0, 0.1) is 27.7 Å². The van der Waals surface area contributed by atoms with Gasteiger partial charge >= 0.3 is 0 Å². The topological polar surface area (TPSA) is 51.8 Å². The van der Waals surface area contributed by atoms with Crippen molar-refractivity contribution in [2.75, 3.05) is 0 Å². The summed E-state index contributed by atoms with van der Waals surface area (Å²) < 4.78 is 0.955. The first-order valence-corrected chi connectivity index (χ1v) is 11.0. The fourth-order valence-electron chi connectivity index (χ4n) is 4.36. The van der Waals surface area contributed by atoms with Crippen molar-refractivity contribution in [2.24, 2.45) is 0 Å². The highest BCUT2D eigenvalue weighted by Gasteiger charge is 2.25. The molecular weight excluding hydrogens is 436 g/mol. The van der Waals surface area contributed by atoms with Crippen LogP contribution in [0.1, 0.15) is 62.5 Å². The molecule has 2 unspecified atom stereocenters. The average Bonchev–Trinajstić information content (AvgIpc) is 3.34. The zero-order valence-electron chi connectivity index (χ0n) is 17.8. The van der Waals surface area contributed by atoms with Gasteiger partial charge in [0, 0.05) is 17.1 Å². The van der Waals surface area contributed by atoms with E-state index in [-0.39, 0.29) is 5.92 Å². The number of aliphatic hydroxyl groups is 1. The minimum absolute atomic E-state index is 0.0240. The first kappa shape index (κ1) is 20.7. The lowest BCUT2D eigenvalue weighted by Crippen LogP contribution is -2.09. The summed E-state index contributed by atoms with van der Waals surface area (Å²) in [6.45, 7) is 8.53. The maximum absolute atomic E-state index is 10.9. The van der Waals surface area contributed by atoms with Gasteiger partial charge < -0.3 is 15.1 Å². The third kappa shape index (κ3) is 4.03. The molecule has 4 aromatic rings. The monoisotopic (exact) mass is 462 g/mol. The van der Waals surface area contributed by atoms with Gasteiger partial charge in [0.25, 0.3) is 0 Å². The van der Waals surface area contributed by atoms with Crippen molar-refractivity contribution in [1.29, 1.82) is 0 Å². The molecule has 0 amide bonds. The van der Waals surface area contributed by atoms with E-state index in [4.69, 9.17) is 0 Å². The first-order valence-electron chi connectivity index (χ1n) is 10.2. The molecule has 0 aliphatic heterocycles. The molecule has 2 aromatic carbocycles. The van der Waals surface area contributed by atoms with Crippen LogP contribution in [-0.4, -0.2) is 15.1 Å². The Morgan fingerprint density at radius 3 is 1.87 bits per heavy atom. The number of aromatic nitrogens is 2. The van der Waals surface area contributed by atoms with Crippen molar-refractivity contribution in [3.05, 3.63) is 116 Å². The lowest BCUT2D eigenvalue weighted by Gasteiger charge is -2.21. The number of benzene rings is 2. The van der Waals surface area contributed by atoms with E-state index in [0.29, 0.717) is 0 Å². The predicted molar refractivity (Wildman–Crippen MR) is 126 cm³/mol. The summed E-state index contributed by atoms with van der Waals surface area (Å²) in [5.41, 5.74) is 10.1. The minimum Gasteiger partial charge on any atom is -0.382 e. The standard InChI is InChI=1S/C26H27BrN2O/c1-15-5-7-19(8-6-15)26(30)22-10-9-20(28-22)25(21-11-12-23(27)29-21)24-17(3)13-16(2)14-18(24)4/h5-14,25-26,28-30H,1-4H3. The molecular formula is C26H27BrN2O. The van der Waals surface area contributed by atoms with E-state index in [1.165, 1.54) is 27.8 Å². The number of nitrogens with one attached hydrogen (secondary N) is 2. The van der Waals surface area contributed by atoms with Crippen LogP contribution in [0.5, 0.6) is 0 Å². The van der Waals surface area contributed by atoms with Crippen LogP contribution in [-0.2, 0) is 0 Å². The highest BCUT2D eigenvalue weighted by Crippen LogP contribution is 2.37. The SMILES string of the molecule is Cc1ccc(C(O)c2ccc(C(c3ccc(Br)[nH]3)c3c(C)cc(C)cc3C)[nH]2)cc1. The molecule has 2 atom stereocenters. The summed E-state index contributed by atoms with van der Waals surface area (Å²) in [7, 11) is 0. The highest BCUT2D eigenvalue weighted by atomic mass is 79.9. The number of rotatable bonds is 5. The molecule has 0 fully saturated rings. The summed E-state index contributed by atoms with van der Waals surface area (Å²) in [5.74, 6) is 0.0240. The molecule has 4 rings (SSSR count). The van der Waals surface area contributed by atoms with Crippen molar-refractivity contribution < 1.29 is 5.11 Å². The van der Waals surface area contributed by atoms with Crippen molar-refractivity contribution >= 4 is 15.9 Å². The second-order valence-electron chi connectivity index (χ2n) is 8.19. The normalized spacial score (nSPS) is 13.4. The smallest absolute Gasteiger partial charge is 0.119 e. The maximum atomic E-state index is 10.9. The number of aliphatic hydroxyl groups excluding tert-OH is 1. The van der Waals surface area contributed by atoms with Crippen molar-refractivity contribution in [2.45, 2.75) is 39.7 Å². The Kier molecular flexibility index (Phi) is 5.72. The van der Waals surface area contributed by atoms with Crippen LogP contribution in [0.2, 0.25) is 0 Å². The molecule has 0 aliphatic rings. The summed E-state index contributed by atoms with van der Waals surface area (Å²) in [4.78, 5) is 6.97. The minimum atomic E-state index is -0.685. The number of H-pyrrole nitrogens is 2. The molecule has 0 saturated carbocycles. The van der Waals surface area contributed by atoms with E-state index >= 15 is 0 Å². The van der Waals surface area contributed by atoms with Crippen LogP contribution < -0.4 is 0 Å². The Balaban J connectivity index is 1.79.